The Hall–Kier alpha value is -4.32. The predicted molar refractivity (Wildman–Crippen MR) is 183 cm³/mol. The van der Waals surface area contributed by atoms with Gasteiger partial charge < -0.3 is 20.1 Å². The molecule has 1 aromatic carbocycles. The molecule has 5 rings (SSSR count). The fraction of sp³-hybridized carbons (Fsp3) is 0.568. The molecule has 5 bridgehead atoms. The molecule has 3 aliphatic rings. The number of benzene rings is 1. The number of rotatable bonds is 4. The fourth-order valence-corrected chi connectivity index (χ4v) is 6.70. The minimum absolute atomic E-state index is 0.249. The molecule has 264 valence electrons. The Kier molecular flexibility index (Phi) is 11.4. The number of carbonyl (C=O) groups excluding carboxylic acids is 5. The summed E-state index contributed by atoms with van der Waals surface area (Å²) in [4.78, 5) is 71.6. The molecule has 1 saturated heterocycles. The Labute approximate surface area is 287 Å². The molecule has 1 saturated carbocycles. The quantitative estimate of drug-likeness (QED) is 0.403. The van der Waals surface area contributed by atoms with Gasteiger partial charge in [-0.3, -0.25) is 34.0 Å². The number of pyridine rings is 1. The average molecular weight is 676 g/mol. The molecule has 4 atom stereocenters. The Morgan fingerprint density at radius 3 is 2.45 bits per heavy atom. The normalized spacial score (nSPS) is 29.3. The highest BCUT2D eigenvalue weighted by Crippen LogP contribution is 2.41. The Balaban J connectivity index is 1.50. The molecule has 3 amide bonds. The first kappa shape index (κ1) is 36.0. The van der Waals surface area contributed by atoms with Gasteiger partial charge in [-0.15, -0.1) is 0 Å². The van der Waals surface area contributed by atoms with Crippen molar-refractivity contribution in [3.63, 3.8) is 0 Å². The minimum Gasteiger partial charge on any atom is -0.462 e. The van der Waals surface area contributed by atoms with Gasteiger partial charge in [-0.1, -0.05) is 51.1 Å². The summed E-state index contributed by atoms with van der Waals surface area (Å²) in [5, 5.41) is 8.07. The highest BCUT2D eigenvalue weighted by atomic mass is 16.6. The largest absolute Gasteiger partial charge is 0.462 e. The third-order valence-electron chi connectivity index (χ3n) is 9.71. The van der Waals surface area contributed by atoms with Crippen molar-refractivity contribution in [2.45, 2.75) is 116 Å². The standard InChI is InChI=1S/C37H49N5O7/c1-6-8-31(43)48-27-15-18-37(19-16-27)17-14-25-10-11-26-12-13-28(40-30(26)21-25)23(4)38-33(44)29-9-7-20-42(41-29)35(46)24(5)39-34(45)32(22(2)3)49-36(37)47/h10-14,17,21-24,27,29,32,41H,6-9,15-16,18-20H2,1-5H3,(H,38,44)(H,39,45)/b17-14+/t23-,24+,27?,29?,32+,37?/m1/s1. The van der Waals surface area contributed by atoms with E-state index < -0.39 is 47.4 Å². The molecule has 12 heteroatoms. The predicted octanol–water partition coefficient (Wildman–Crippen LogP) is 4.28. The lowest BCUT2D eigenvalue weighted by Gasteiger charge is -2.37. The van der Waals surface area contributed by atoms with Gasteiger partial charge in [-0.05, 0) is 82.4 Å². The molecule has 1 aliphatic carbocycles. The number of amides is 3. The molecule has 0 radical (unpaired) electrons. The molecule has 1 aromatic heterocycles. The summed E-state index contributed by atoms with van der Waals surface area (Å²) in [6, 6.07) is 7.69. The van der Waals surface area contributed by atoms with Gasteiger partial charge in [0.2, 0.25) is 5.91 Å². The van der Waals surface area contributed by atoms with Gasteiger partial charge in [0, 0.05) is 18.4 Å². The monoisotopic (exact) mass is 675 g/mol. The van der Waals surface area contributed by atoms with E-state index in [1.807, 2.05) is 56.3 Å². The van der Waals surface area contributed by atoms with E-state index in [0.717, 1.165) is 16.5 Å². The fourth-order valence-electron chi connectivity index (χ4n) is 6.70. The molecular formula is C37H49N5O7. The lowest BCUT2D eigenvalue weighted by atomic mass is 9.72. The summed E-state index contributed by atoms with van der Waals surface area (Å²) >= 11 is 0. The van der Waals surface area contributed by atoms with E-state index in [0.29, 0.717) is 63.6 Å². The van der Waals surface area contributed by atoms with E-state index in [9.17, 15) is 24.0 Å². The first-order chi connectivity index (χ1) is 23.4. The third kappa shape index (κ3) is 8.46. The van der Waals surface area contributed by atoms with Crippen LogP contribution in [-0.4, -0.2) is 70.5 Å². The Bertz CT molecular complexity index is 1600. The molecule has 3 heterocycles. The first-order valence-corrected chi connectivity index (χ1v) is 17.6. The van der Waals surface area contributed by atoms with Crippen LogP contribution in [0.2, 0.25) is 0 Å². The number of esters is 2. The Morgan fingerprint density at radius 1 is 1.02 bits per heavy atom. The van der Waals surface area contributed by atoms with Gasteiger partial charge in [0.25, 0.3) is 11.8 Å². The lowest BCUT2D eigenvalue weighted by Crippen LogP contribution is -2.61. The molecule has 2 fully saturated rings. The number of aromatic nitrogens is 1. The number of hydrazine groups is 1. The Morgan fingerprint density at radius 2 is 1.73 bits per heavy atom. The van der Waals surface area contributed by atoms with E-state index in [-0.39, 0.29) is 23.9 Å². The number of fused-ring (bicyclic) bond motifs is 4. The van der Waals surface area contributed by atoms with Crippen LogP contribution in [0.4, 0.5) is 0 Å². The van der Waals surface area contributed by atoms with Crippen LogP contribution in [-0.2, 0) is 33.4 Å². The van der Waals surface area contributed by atoms with Crippen molar-refractivity contribution in [2.75, 3.05) is 6.54 Å². The number of carbonyl (C=O) groups is 5. The van der Waals surface area contributed by atoms with Crippen molar-refractivity contribution in [3.8, 4) is 0 Å². The minimum atomic E-state index is -1.15. The summed E-state index contributed by atoms with van der Waals surface area (Å²) in [5.74, 6) is -2.41. The number of cyclic esters (lactones) is 1. The van der Waals surface area contributed by atoms with Crippen LogP contribution >= 0.6 is 0 Å². The van der Waals surface area contributed by atoms with E-state index in [1.165, 1.54) is 5.01 Å². The van der Waals surface area contributed by atoms with Crippen LogP contribution < -0.4 is 16.1 Å². The van der Waals surface area contributed by atoms with Crippen molar-refractivity contribution in [1.29, 1.82) is 0 Å². The van der Waals surface area contributed by atoms with Crippen molar-refractivity contribution in [2.24, 2.45) is 11.3 Å². The number of hydrogen-bond acceptors (Lipinski definition) is 9. The molecule has 2 aromatic rings. The van der Waals surface area contributed by atoms with E-state index in [4.69, 9.17) is 14.5 Å². The second kappa shape index (κ2) is 15.5. The third-order valence-corrected chi connectivity index (χ3v) is 9.71. The van der Waals surface area contributed by atoms with Crippen LogP contribution in [0.1, 0.15) is 103 Å². The van der Waals surface area contributed by atoms with Crippen molar-refractivity contribution in [3.05, 3.63) is 47.7 Å². The summed E-state index contributed by atoms with van der Waals surface area (Å²) in [6.07, 6.45) is 6.09. The highest BCUT2D eigenvalue weighted by molar-refractivity contribution is 5.92. The van der Waals surface area contributed by atoms with Gasteiger partial charge in [0.1, 0.15) is 18.2 Å². The summed E-state index contributed by atoms with van der Waals surface area (Å²) in [5.41, 5.74) is 4.20. The molecule has 1 unspecified atom stereocenters. The molecule has 1 spiro atoms. The van der Waals surface area contributed by atoms with Crippen LogP contribution in [0.25, 0.3) is 17.0 Å². The van der Waals surface area contributed by atoms with Crippen LogP contribution in [0.15, 0.2) is 36.4 Å². The number of hydrogen-bond donors (Lipinski definition) is 3. The van der Waals surface area contributed by atoms with Crippen molar-refractivity contribution < 1.29 is 33.4 Å². The second-order valence-electron chi connectivity index (χ2n) is 14.0. The van der Waals surface area contributed by atoms with Crippen LogP contribution in [0.3, 0.4) is 0 Å². The smallest absolute Gasteiger partial charge is 0.316 e. The van der Waals surface area contributed by atoms with Crippen LogP contribution in [0.5, 0.6) is 0 Å². The molecule has 2 aliphatic heterocycles. The number of ether oxygens (including phenoxy) is 2. The molecule has 3 N–H and O–H groups in total. The average Bonchev–Trinajstić information content (AvgIpc) is 3.09. The van der Waals surface area contributed by atoms with Gasteiger partial charge in [0.05, 0.1) is 22.7 Å². The molecular weight excluding hydrogens is 626 g/mol. The second-order valence-corrected chi connectivity index (χ2v) is 14.0. The highest BCUT2D eigenvalue weighted by Gasteiger charge is 2.44. The lowest BCUT2D eigenvalue weighted by molar-refractivity contribution is -0.170. The molecule has 12 nitrogen and oxygen atoms in total. The maximum atomic E-state index is 14.2. The van der Waals surface area contributed by atoms with Crippen molar-refractivity contribution >= 4 is 46.6 Å². The van der Waals surface area contributed by atoms with E-state index in [1.54, 1.807) is 20.8 Å². The first-order valence-electron chi connectivity index (χ1n) is 17.6. The van der Waals surface area contributed by atoms with Crippen molar-refractivity contribution in [1.82, 2.24) is 26.1 Å². The molecule has 49 heavy (non-hydrogen) atoms. The van der Waals surface area contributed by atoms with E-state index in [2.05, 4.69) is 16.1 Å². The van der Waals surface area contributed by atoms with Gasteiger partial charge in [0.15, 0.2) is 6.10 Å². The van der Waals surface area contributed by atoms with Gasteiger partial charge in [-0.2, -0.15) is 0 Å². The number of nitrogens with one attached hydrogen (secondary N) is 3. The topological polar surface area (TPSA) is 156 Å². The zero-order chi connectivity index (χ0) is 35.3. The van der Waals surface area contributed by atoms with Crippen LogP contribution in [0, 0.1) is 11.3 Å². The van der Waals surface area contributed by atoms with Gasteiger partial charge >= 0.3 is 11.9 Å². The summed E-state index contributed by atoms with van der Waals surface area (Å²) in [7, 11) is 0. The van der Waals surface area contributed by atoms with Gasteiger partial charge in [-0.25, -0.2) is 5.43 Å². The maximum absolute atomic E-state index is 14.2. The summed E-state index contributed by atoms with van der Waals surface area (Å²) in [6.45, 7) is 9.30. The zero-order valence-electron chi connectivity index (χ0n) is 29.1. The maximum Gasteiger partial charge on any atom is 0.316 e. The SMILES string of the molecule is CCCC(=O)OC1CCC2(/C=C/c3ccc4ccc(nc4c3)[C@@H](C)NC(=O)C3CCCN(N3)C(=O)[C@H](C)NC(=O)[C@H](C(C)C)OC2=O)CC1. The zero-order valence-corrected chi connectivity index (χ0v) is 29.1. The number of nitrogens with zero attached hydrogens (tertiary/aromatic N) is 2. The summed E-state index contributed by atoms with van der Waals surface area (Å²) < 4.78 is 11.7. The van der Waals surface area contributed by atoms with E-state index >= 15 is 0 Å².